The zero-order valence-corrected chi connectivity index (χ0v) is 11.0. The van der Waals surface area contributed by atoms with Crippen LogP contribution in [0.4, 0.5) is 0 Å². The van der Waals surface area contributed by atoms with E-state index in [4.69, 9.17) is 9.47 Å². The minimum absolute atomic E-state index is 0.102. The van der Waals surface area contributed by atoms with Gasteiger partial charge in [-0.05, 0) is 39.2 Å². The minimum Gasteiger partial charge on any atom is -0.489 e. The minimum atomic E-state index is -0.617. The highest BCUT2D eigenvalue weighted by Crippen LogP contribution is 2.27. The van der Waals surface area contributed by atoms with Gasteiger partial charge >= 0.3 is 0 Å². The van der Waals surface area contributed by atoms with Crippen molar-refractivity contribution in [3.05, 3.63) is 24.0 Å². The smallest absolute Gasteiger partial charge is 0.138 e. The molecule has 2 unspecified atom stereocenters. The van der Waals surface area contributed by atoms with Crippen molar-refractivity contribution < 1.29 is 14.6 Å². The maximum absolute atomic E-state index is 10.3. The third-order valence-electron chi connectivity index (χ3n) is 3.01. The molecule has 18 heavy (non-hydrogen) atoms. The maximum atomic E-state index is 10.3. The van der Waals surface area contributed by atoms with Crippen molar-refractivity contribution in [3.63, 3.8) is 0 Å². The lowest BCUT2D eigenvalue weighted by Crippen LogP contribution is -2.26. The van der Waals surface area contributed by atoms with Crippen LogP contribution in [-0.2, 0) is 4.74 Å². The number of pyridine rings is 1. The fourth-order valence-corrected chi connectivity index (χ4v) is 2.16. The average Bonchev–Trinajstić information content (AvgIpc) is 2.38. The van der Waals surface area contributed by atoms with E-state index in [-0.39, 0.29) is 12.2 Å². The highest BCUT2D eigenvalue weighted by Gasteiger charge is 2.24. The van der Waals surface area contributed by atoms with Crippen LogP contribution in [0.1, 0.15) is 44.8 Å². The Bertz CT molecular complexity index is 375. The Morgan fingerprint density at radius 2 is 2.22 bits per heavy atom. The molecule has 0 bridgehead atoms. The number of hydrogen-bond acceptors (Lipinski definition) is 4. The molecule has 1 saturated heterocycles. The Kier molecular flexibility index (Phi) is 4.55. The van der Waals surface area contributed by atoms with Crippen LogP contribution in [0.2, 0.25) is 0 Å². The Labute approximate surface area is 108 Å². The van der Waals surface area contributed by atoms with E-state index < -0.39 is 6.10 Å². The molecule has 2 rings (SSSR count). The van der Waals surface area contributed by atoms with Crippen molar-refractivity contribution in [3.8, 4) is 5.75 Å². The van der Waals surface area contributed by atoms with Crippen LogP contribution in [0.5, 0.6) is 5.75 Å². The summed E-state index contributed by atoms with van der Waals surface area (Å²) in [7, 11) is 0. The van der Waals surface area contributed by atoms with Gasteiger partial charge in [0.05, 0.1) is 18.4 Å². The van der Waals surface area contributed by atoms with E-state index >= 15 is 0 Å². The number of aromatic nitrogens is 1. The standard InChI is InChI=1S/C14H21NO3/c1-10(2)18-12-7-11(8-15-9-12)14(16)13-5-3-4-6-17-13/h7-10,13-14,16H,3-6H2,1-2H3. The topological polar surface area (TPSA) is 51.6 Å². The number of ether oxygens (including phenoxy) is 2. The molecule has 4 heteroatoms. The Hall–Kier alpha value is -1.13. The quantitative estimate of drug-likeness (QED) is 0.893. The van der Waals surface area contributed by atoms with E-state index in [1.165, 1.54) is 0 Å². The van der Waals surface area contributed by atoms with Gasteiger partial charge in [-0.25, -0.2) is 0 Å². The Morgan fingerprint density at radius 3 is 2.89 bits per heavy atom. The van der Waals surface area contributed by atoms with Gasteiger partial charge in [0.25, 0.3) is 0 Å². The summed E-state index contributed by atoms with van der Waals surface area (Å²) >= 11 is 0. The monoisotopic (exact) mass is 251 g/mol. The molecule has 0 amide bonds. The number of hydrogen-bond donors (Lipinski definition) is 1. The Morgan fingerprint density at radius 1 is 1.39 bits per heavy atom. The highest BCUT2D eigenvalue weighted by molar-refractivity contribution is 5.26. The summed E-state index contributed by atoms with van der Waals surface area (Å²) in [4.78, 5) is 4.11. The predicted octanol–water partition coefficient (Wildman–Crippen LogP) is 2.47. The fraction of sp³-hybridized carbons (Fsp3) is 0.643. The number of aliphatic hydroxyl groups excluding tert-OH is 1. The molecule has 1 N–H and O–H groups in total. The fourth-order valence-electron chi connectivity index (χ4n) is 2.16. The van der Waals surface area contributed by atoms with Gasteiger partial charge in [0.2, 0.25) is 0 Å². The van der Waals surface area contributed by atoms with Crippen LogP contribution >= 0.6 is 0 Å². The van der Waals surface area contributed by atoms with E-state index in [1.54, 1.807) is 12.4 Å². The van der Waals surface area contributed by atoms with Crippen LogP contribution < -0.4 is 4.74 Å². The van der Waals surface area contributed by atoms with E-state index in [0.717, 1.165) is 31.4 Å². The Balaban J connectivity index is 2.06. The van der Waals surface area contributed by atoms with Gasteiger partial charge in [-0.15, -0.1) is 0 Å². The van der Waals surface area contributed by atoms with E-state index in [9.17, 15) is 5.11 Å². The summed E-state index contributed by atoms with van der Waals surface area (Å²) in [5, 5.41) is 10.3. The maximum Gasteiger partial charge on any atom is 0.138 e. The summed E-state index contributed by atoms with van der Waals surface area (Å²) in [6.07, 6.45) is 5.80. The molecule has 0 saturated carbocycles. The van der Waals surface area contributed by atoms with E-state index in [2.05, 4.69) is 4.98 Å². The normalized spacial score (nSPS) is 21.9. The predicted molar refractivity (Wildman–Crippen MR) is 68.6 cm³/mol. The van der Waals surface area contributed by atoms with Crippen LogP contribution in [0.3, 0.4) is 0 Å². The molecule has 2 atom stereocenters. The van der Waals surface area contributed by atoms with Crippen molar-refractivity contribution in [2.75, 3.05) is 6.61 Å². The molecule has 1 fully saturated rings. The zero-order chi connectivity index (χ0) is 13.0. The summed E-state index contributed by atoms with van der Waals surface area (Å²) in [5.41, 5.74) is 0.764. The molecule has 1 aliphatic heterocycles. The first-order chi connectivity index (χ1) is 8.66. The second-order valence-electron chi connectivity index (χ2n) is 4.97. The van der Waals surface area contributed by atoms with Gasteiger partial charge in [0, 0.05) is 18.4 Å². The molecule has 1 aromatic rings. The molecule has 4 nitrogen and oxygen atoms in total. The molecule has 0 aliphatic carbocycles. The largest absolute Gasteiger partial charge is 0.489 e. The second-order valence-corrected chi connectivity index (χ2v) is 4.97. The van der Waals surface area contributed by atoms with Crippen LogP contribution in [-0.4, -0.2) is 28.9 Å². The van der Waals surface area contributed by atoms with Crippen molar-refractivity contribution >= 4 is 0 Å². The average molecular weight is 251 g/mol. The molecule has 0 spiro atoms. The van der Waals surface area contributed by atoms with Crippen LogP contribution in [0.15, 0.2) is 18.5 Å². The van der Waals surface area contributed by atoms with Gasteiger partial charge in [-0.2, -0.15) is 0 Å². The van der Waals surface area contributed by atoms with Gasteiger partial charge in [0.1, 0.15) is 11.9 Å². The third kappa shape index (κ3) is 3.43. The van der Waals surface area contributed by atoms with Gasteiger partial charge in [0.15, 0.2) is 0 Å². The molecule has 1 aliphatic rings. The summed E-state index contributed by atoms with van der Waals surface area (Å²) < 4.78 is 11.2. The van der Waals surface area contributed by atoms with E-state index in [1.807, 2.05) is 19.9 Å². The first-order valence-corrected chi connectivity index (χ1v) is 6.58. The van der Waals surface area contributed by atoms with Gasteiger partial charge in [-0.1, -0.05) is 0 Å². The second kappa shape index (κ2) is 6.16. The van der Waals surface area contributed by atoms with Crippen LogP contribution in [0, 0.1) is 0 Å². The van der Waals surface area contributed by atoms with Crippen molar-refractivity contribution in [1.82, 2.24) is 4.98 Å². The first-order valence-electron chi connectivity index (χ1n) is 6.58. The molecule has 2 heterocycles. The zero-order valence-electron chi connectivity index (χ0n) is 11.0. The third-order valence-corrected chi connectivity index (χ3v) is 3.01. The molecular weight excluding hydrogens is 230 g/mol. The molecule has 0 aromatic carbocycles. The summed E-state index contributed by atoms with van der Waals surface area (Å²) in [6.45, 7) is 4.66. The lowest BCUT2D eigenvalue weighted by molar-refractivity contribution is -0.0635. The van der Waals surface area contributed by atoms with Crippen LogP contribution in [0.25, 0.3) is 0 Å². The lowest BCUT2D eigenvalue weighted by Gasteiger charge is -2.27. The van der Waals surface area contributed by atoms with Gasteiger partial charge < -0.3 is 14.6 Å². The van der Waals surface area contributed by atoms with Gasteiger partial charge in [-0.3, -0.25) is 4.98 Å². The van der Waals surface area contributed by atoms with Crippen molar-refractivity contribution in [2.45, 2.75) is 51.4 Å². The highest BCUT2D eigenvalue weighted by atomic mass is 16.5. The number of nitrogens with zero attached hydrogens (tertiary/aromatic N) is 1. The SMILES string of the molecule is CC(C)Oc1cncc(C(O)C2CCCCO2)c1. The number of rotatable bonds is 4. The van der Waals surface area contributed by atoms with E-state index in [0.29, 0.717) is 5.75 Å². The number of aliphatic hydroxyl groups is 1. The molecule has 0 radical (unpaired) electrons. The first kappa shape index (κ1) is 13.3. The molecule has 100 valence electrons. The molecule has 1 aromatic heterocycles. The molecular formula is C14H21NO3. The summed E-state index contributed by atoms with van der Waals surface area (Å²) in [5.74, 6) is 0.692. The van der Waals surface area contributed by atoms with Crippen molar-refractivity contribution in [2.24, 2.45) is 0 Å². The van der Waals surface area contributed by atoms with Crippen molar-refractivity contribution in [1.29, 1.82) is 0 Å². The lowest BCUT2D eigenvalue weighted by atomic mass is 9.99. The summed E-state index contributed by atoms with van der Waals surface area (Å²) in [6, 6.07) is 1.84.